The Balaban J connectivity index is 1.97. The molecule has 0 saturated carbocycles. The number of sulfonamides is 2. The Morgan fingerprint density at radius 1 is 0.676 bits per heavy atom. The molecule has 34 heavy (non-hydrogen) atoms. The molecule has 1 aromatic heterocycles. The topological polar surface area (TPSA) is 84.4 Å². The summed E-state index contributed by atoms with van der Waals surface area (Å²) in [6.45, 7) is 0. The molecule has 4 aromatic rings. The van der Waals surface area contributed by atoms with E-state index in [0.717, 1.165) is 4.46 Å². The van der Waals surface area contributed by atoms with Crippen LogP contribution < -0.4 is 4.46 Å². The molecule has 0 bridgehead atoms. The third kappa shape index (κ3) is 5.13. The molecule has 172 valence electrons. The normalized spacial score (nSPS) is 12.3. The fraction of sp³-hybridized carbons (Fsp3) is 0. The van der Waals surface area contributed by atoms with Gasteiger partial charge in [0.2, 0.25) is 0 Å². The summed E-state index contributed by atoms with van der Waals surface area (Å²) in [4.78, 5) is 5.51. The molecule has 6 nitrogen and oxygen atoms in total. The van der Waals surface area contributed by atoms with E-state index >= 15 is 0 Å². The predicted molar refractivity (Wildman–Crippen MR) is 133 cm³/mol. The van der Waals surface area contributed by atoms with Crippen molar-refractivity contribution >= 4 is 45.2 Å². The molecule has 0 N–H and O–H groups in total. The Morgan fingerprint density at radius 2 is 1.18 bits per heavy atom. The average molecular weight is 556 g/mol. The third-order valence-electron chi connectivity index (χ3n) is 4.72. The van der Waals surface area contributed by atoms with Gasteiger partial charge < -0.3 is 0 Å². The van der Waals surface area contributed by atoms with Crippen molar-refractivity contribution in [1.82, 2.24) is 8.69 Å². The Bertz CT molecular complexity index is 1410. The molecule has 0 radical (unpaired) electrons. The zero-order valence-corrected chi connectivity index (χ0v) is 21.1. The van der Waals surface area contributed by atoms with Crippen molar-refractivity contribution in [2.75, 3.05) is 0 Å². The van der Waals surface area contributed by atoms with Gasteiger partial charge in [0.25, 0.3) is 0 Å². The Kier molecular flexibility index (Phi) is 7.29. The molecule has 0 spiro atoms. The van der Waals surface area contributed by atoms with Crippen LogP contribution >= 0.6 is 0 Å². The fourth-order valence-electron chi connectivity index (χ4n) is 3.12. The van der Waals surface area contributed by atoms with Crippen LogP contribution in [-0.4, -0.2) is 40.5 Å². The second-order valence-electron chi connectivity index (χ2n) is 7.01. The van der Waals surface area contributed by atoms with E-state index < -0.39 is 20.0 Å². The van der Waals surface area contributed by atoms with Crippen LogP contribution in [0.5, 0.6) is 0 Å². The molecule has 0 aliphatic rings. The van der Waals surface area contributed by atoms with Crippen molar-refractivity contribution in [1.29, 1.82) is 0 Å². The van der Waals surface area contributed by atoms with Crippen LogP contribution in [0.1, 0.15) is 5.56 Å². The van der Waals surface area contributed by atoms with Crippen molar-refractivity contribution in [3.8, 4) is 0 Å². The van der Waals surface area contributed by atoms with Gasteiger partial charge in [-0.2, -0.15) is 0 Å². The van der Waals surface area contributed by atoms with Gasteiger partial charge >= 0.3 is 207 Å². The molecule has 3 aromatic carbocycles. The minimum atomic E-state index is -4.50. The van der Waals surface area contributed by atoms with Crippen LogP contribution in [0.4, 0.5) is 0 Å². The summed E-state index contributed by atoms with van der Waals surface area (Å²) in [7, 11) is -9.00. The summed E-state index contributed by atoms with van der Waals surface area (Å²) < 4.78 is 57.0. The first-order valence-electron chi connectivity index (χ1n) is 10.1. The summed E-state index contributed by atoms with van der Waals surface area (Å²) in [5, 5.41) is 0. The van der Waals surface area contributed by atoms with Crippen LogP contribution in [0.3, 0.4) is 0 Å². The Morgan fingerprint density at radius 3 is 1.65 bits per heavy atom. The molecule has 0 aliphatic heterocycles. The van der Waals surface area contributed by atoms with Gasteiger partial charge in [0.15, 0.2) is 0 Å². The average Bonchev–Trinajstić information content (AvgIpc) is 2.88. The van der Waals surface area contributed by atoms with Crippen molar-refractivity contribution in [3.63, 3.8) is 0 Å². The first-order valence-corrected chi connectivity index (χ1v) is 14.9. The van der Waals surface area contributed by atoms with Crippen molar-refractivity contribution in [3.05, 3.63) is 126 Å². The van der Waals surface area contributed by atoms with E-state index in [1.807, 2.05) is 30.3 Å². The van der Waals surface area contributed by atoms with Gasteiger partial charge in [0.05, 0.1) is 0 Å². The van der Waals surface area contributed by atoms with Gasteiger partial charge in [0.1, 0.15) is 0 Å². The maximum absolute atomic E-state index is 13.9. The number of nitrogens with zero attached hydrogens (tertiary/aromatic N) is 2. The SMILES string of the molecule is O=S(=O)(c1ccccc1)N(/C(=C/[Se]c1ccccc1)c1cccnc1)S(=O)(=O)c1ccccc1. The van der Waals surface area contributed by atoms with E-state index in [9.17, 15) is 16.8 Å². The van der Waals surface area contributed by atoms with Crippen LogP contribution in [-0.2, 0) is 20.0 Å². The van der Waals surface area contributed by atoms with Crippen molar-refractivity contribution in [2.24, 2.45) is 0 Å². The molecule has 1 heterocycles. The van der Waals surface area contributed by atoms with Gasteiger partial charge in [0, 0.05) is 0 Å². The van der Waals surface area contributed by atoms with E-state index in [4.69, 9.17) is 0 Å². The van der Waals surface area contributed by atoms with E-state index in [0.29, 0.717) is 9.27 Å². The summed E-state index contributed by atoms with van der Waals surface area (Å²) >= 11 is -0.358. The molecule has 0 aliphatic carbocycles. The van der Waals surface area contributed by atoms with Gasteiger partial charge in [-0.1, -0.05) is 0 Å². The molecule has 0 atom stereocenters. The number of benzene rings is 3. The van der Waals surface area contributed by atoms with E-state index in [2.05, 4.69) is 4.98 Å². The van der Waals surface area contributed by atoms with Crippen LogP contribution in [0.2, 0.25) is 0 Å². The maximum atomic E-state index is 13.9. The van der Waals surface area contributed by atoms with Crippen molar-refractivity contribution < 1.29 is 16.8 Å². The zero-order chi connectivity index (χ0) is 24.0. The van der Waals surface area contributed by atoms with Gasteiger partial charge in [-0.25, -0.2) is 0 Å². The second kappa shape index (κ2) is 10.4. The van der Waals surface area contributed by atoms with Gasteiger partial charge in [-0.05, 0) is 0 Å². The second-order valence-corrected chi connectivity index (χ2v) is 12.8. The third-order valence-corrected chi connectivity index (χ3v) is 10.8. The summed E-state index contributed by atoms with van der Waals surface area (Å²) in [5.41, 5.74) is 0.406. The molecule has 0 saturated heterocycles. The first kappa shape index (κ1) is 23.9. The van der Waals surface area contributed by atoms with E-state index in [1.54, 1.807) is 59.7 Å². The molecule has 0 fully saturated rings. The summed E-state index contributed by atoms with van der Waals surface area (Å²) in [5.74, 6) is 0. The van der Waals surface area contributed by atoms with Crippen LogP contribution in [0, 0.1) is 0 Å². The fourth-order valence-corrected chi connectivity index (χ4v) is 8.87. The first-order chi connectivity index (χ1) is 16.4. The predicted octanol–water partition coefficient (Wildman–Crippen LogP) is 3.49. The monoisotopic (exact) mass is 556 g/mol. The Labute approximate surface area is 205 Å². The summed E-state index contributed by atoms with van der Waals surface area (Å²) in [6.07, 6.45) is 3.01. The van der Waals surface area contributed by atoms with Crippen molar-refractivity contribution in [2.45, 2.75) is 9.79 Å². The van der Waals surface area contributed by atoms with Crippen LogP contribution in [0.25, 0.3) is 5.70 Å². The van der Waals surface area contributed by atoms with Gasteiger partial charge in [-0.15, -0.1) is 0 Å². The number of hydrogen-bond donors (Lipinski definition) is 0. The quantitative estimate of drug-likeness (QED) is 0.311. The Hall–Kier alpha value is -3.23. The number of hydrogen-bond acceptors (Lipinski definition) is 5. The van der Waals surface area contributed by atoms with E-state index in [1.165, 1.54) is 30.5 Å². The molecule has 0 unspecified atom stereocenters. The molecular weight excluding hydrogens is 535 g/mol. The number of aromatic nitrogens is 1. The number of rotatable bonds is 8. The van der Waals surface area contributed by atoms with Crippen LogP contribution in [0.15, 0.2) is 130 Å². The molecule has 9 heteroatoms. The minimum absolute atomic E-state index is 0.0321. The molecule has 0 amide bonds. The standard InChI is InChI=1S/C25H20N2O4S2Se/c28-32(29,22-12-4-1-5-13-22)27(33(30,31)23-14-6-2-7-15-23)25(21-11-10-18-26-19-21)20-34-24-16-8-3-9-17-24/h1-20H/b25-20+. The molecule has 4 rings (SSSR count). The zero-order valence-electron chi connectivity index (χ0n) is 17.8. The van der Waals surface area contributed by atoms with Gasteiger partial charge in [-0.3, -0.25) is 0 Å². The number of pyridine rings is 1. The van der Waals surface area contributed by atoms with E-state index in [-0.39, 0.29) is 30.4 Å². The summed E-state index contributed by atoms with van der Waals surface area (Å²) in [6, 6.07) is 27.9. The molecular formula is C25H20N2O4S2Se.